The van der Waals surface area contributed by atoms with Crippen LogP contribution in [-0.4, -0.2) is 35.9 Å². The SMILES string of the molecule is Cc1cnc(NC(=O)C2CC2)cc1-n1cc(-c2nc[nH]n2)c(-c2ccccc2Cl)n1. The molecule has 4 aromatic rings. The number of H-pyrrole nitrogens is 1. The van der Waals surface area contributed by atoms with E-state index in [1.807, 2.05) is 43.5 Å². The Labute approximate surface area is 177 Å². The molecule has 0 spiro atoms. The van der Waals surface area contributed by atoms with Crippen molar-refractivity contribution >= 4 is 23.3 Å². The Kier molecular flexibility index (Phi) is 4.55. The van der Waals surface area contributed by atoms with Gasteiger partial charge in [-0.1, -0.05) is 29.8 Å². The number of nitrogens with one attached hydrogen (secondary N) is 2. The number of hydrogen-bond acceptors (Lipinski definition) is 5. The molecule has 5 rings (SSSR count). The molecule has 9 heteroatoms. The van der Waals surface area contributed by atoms with Gasteiger partial charge in [0.2, 0.25) is 5.91 Å². The van der Waals surface area contributed by atoms with Crippen LogP contribution in [0.3, 0.4) is 0 Å². The number of hydrogen-bond donors (Lipinski definition) is 2. The van der Waals surface area contributed by atoms with Crippen LogP contribution in [0.25, 0.3) is 28.3 Å². The number of aromatic amines is 1. The number of rotatable bonds is 5. The third kappa shape index (κ3) is 3.46. The van der Waals surface area contributed by atoms with E-state index in [9.17, 15) is 4.79 Å². The lowest BCUT2D eigenvalue weighted by Crippen LogP contribution is -2.15. The molecule has 0 aliphatic heterocycles. The van der Waals surface area contributed by atoms with Gasteiger partial charge >= 0.3 is 0 Å². The number of amides is 1. The maximum absolute atomic E-state index is 12.1. The third-order valence-corrected chi connectivity index (χ3v) is 5.35. The molecule has 0 unspecified atom stereocenters. The van der Waals surface area contributed by atoms with Gasteiger partial charge in [0.1, 0.15) is 17.8 Å². The Morgan fingerprint density at radius 2 is 2.07 bits per heavy atom. The van der Waals surface area contributed by atoms with Crippen LogP contribution < -0.4 is 5.32 Å². The predicted molar refractivity (Wildman–Crippen MR) is 113 cm³/mol. The molecule has 0 bridgehead atoms. The molecule has 1 amide bonds. The number of halogens is 1. The minimum atomic E-state index is 0.0101. The van der Waals surface area contributed by atoms with Gasteiger partial charge < -0.3 is 5.32 Å². The number of aryl methyl sites for hydroxylation is 1. The number of carbonyl (C=O) groups excluding carboxylic acids is 1. The second-order valence-electron chi connectivity index (χ2n) is 7.26. The Morgan fingerprint density at radius 3 is 2.80 bits per heavy atom. The van der Waals surface area contributed by atoms with Crippen LogP contribution in [0.2, 0.25) is 5.02 Å². The number of benzene rings is 1. The van der Waals surface area contributed by atoms with Crippen LogP contribution in [0.5, 0.6) is 0 Å². The minimum Gasteiger partial charge on any atom is -0.310 e. The van der Waals surface area contributed by atoms with Crippen molar-refractivity contribution < 1.29 is 4.79 Å². The van der Waals surface area contributed by atoms with Gasteiger partial charge in [0.15, 0.2) is 5.82 Å². The zero-order chi connectivity index (χ0) is 20.7. The van der Waals surface area contributed by atoms with Crippen molar-refractivity contribution in [3.05, 3.63) is 59.6 Å². The molecule has 1 fully saturated rings. The minimum absolute atomic E-state index is 0.0101. The first-order valence-corrected chi connectivity index (χ1v) is 9.96. The van der Waals surface area contributed by atoms with Crippen LogP contribution in [0.15, 0.2) is 49.1 Å². The quantitative estimate of drug-likeness (QED) is 0.508. The fourth-order valence-electron chi connectivity index (χ4n) is 3.25. The smallest absolute Gasteiger partial charge is 0.228 e. The molecule has 3 heterocycles. The van der Waals surface area contributed by atoms with E-state index in [1.54, 1.807) is 10.9 Å². The number of nitrogens with zero attached hydrogens (tertiary/aromatic N) is 5. The van der Waals surface area contributed by atoms with Gasteiger partial charge in [-0.05, 0) is 31.4 Å². The monoisotopic (exact) mass is 419 g/mol. The standard InChI is InChI=1S/C21H18ClN7O/c1-12-9-23-18(26-21(30)13-6-7-13)8-17(12)29-10-15(20-24-11-25-27-20)19(28-29)14-4-2-3-5-16(14)22/h2-5,8-11,13H,6-7H2,1H3,(H,23,26,30)(H,24,25,27). The maximum Gasteiger partial charge on any atom is 0.228 e. The summed E-state index contributed by atoms with van der Waals surface area (Å²) in [4.78, 5) is 20.8. The Hall–Kier alpha value is -3.52. The summed E-state index contributed by atoms with van der Waals surface area (Å²) < 4.78 is 1.74. The topological polar surface area (TPSA) is 101 Å². The first kappa shape index (κ1) is 18.5. The molecule has 0 saturated heterocycles. The van der Waals surface area contributed by atoms with E-state index < -0.39 is 0 Å². The van der Waals surface area contributed by atoms with Gasteiger partial charge in [-0.25, -0.2) is 14.6 Å². The van der Waals surface area contributed by atoms with E-state index in [2.05, 4.69) is 25.5 Å². The van der Waals surface area contributed by atoms with Crippen LogP contribution in [0, 0.1) is 12.8 Å². The molecule has 2 N–H and O–H groups in total. The second-order valence-corrected chi connectivity index (χ2v) is 7.67. The molecule has 1 saturated carbocycles. The van der Waals surface area contributed by atoms with Crippen molar-refractivity contribution in [1.29, 1.82) is 0 Å². The summed E-state index contributed by atoms with van der Waals surface area (Å²) in [5.41, 5.74) is 3.90. The normalized spacial score (nSPS) is 13.4. The molecule has 1 aromatic carbocycles. The van der Waals surface area contributed by atoms with Gasteiger partial charge in [0, 0.05) is 29.9 Å². The number of aromatic nitrogens is 6. The fraction of sp³-hybridized carbons (Fsp3) is 0.190. The predicted octanol–water partition coefficient (Wildman–Crippen LogP) is 4.03. The maximum atomic E-state index is 12.1. The Morgan fingerprint density at radius 1 is 1.23 bits per heavy atom. The van der Waals surface area contributed by atoms with E-state index in [0.29, 0.717) is 22.4 Å². The van der Waals surface area contributed by atoms with Crippen LogP contribution in [0.1, 0.15) is 18.4 Å². The molecular formula is C21H18ClN7O. The van der Waals surface area contributed by atoms with E-state index in [0.717, 1.165) is 35.2 Å². The van der Waals surface area contributed by atoms with Crippen molar-refractivity contribution in [1.82, 2.24) is 29.9 Å². The highest BCUT2D eigenvalue weighted by molar-refractivity contribution is 6.33. The average Bonchev–Trinajstić information content (AvgIpc) is 3.28. The van der Waals surface area contributed by atoms with Crippen LogP contribution in [0.4, 0.5) is 5.82 Å². The van der Waals surface area contributed by atoms with E-state index in [4.69, 9.17) is 16.7 Å². The zero-order valence-corrected chi connectivity index (χ0v) is 16.9. The number of carbonyl (C=O) groups is 1. The number of anilines is 1. The largest absolute Gasteiger partial charge is 0.310 e. The molecule has 1 aliphatic carbocycles. The average molecular weight is 420 g/mol. The van der Waals surface area contributed by atoms with Gasteiger partial charge in [0.25, 0.3) is 0 Å². The van der Waals surface area contributed by atoms with Crippen molar-refractivity contribution in [3.63, 3.8) is 0 Å². The van der Waals surface area contributed by atoms with Crippen LogP contribution >= 0.6 is 11.6 Å². The van der Waals surface area contributed by atoms with Crippen LogP contribution in [-0.2, 0) is 4.79 Å². The van der Waals surface area contributed by atoms with Crippen molar-refractivity contribution in [2.75, 3.05) is 5.32 Å². The molecule has 3 aromatic heterocycles. The third-order valence-electron chi connectivity index (χ3n) is 5.02. The highest BCUT2D eigenvalue weighted by Crippen LogP contribution is 2.35. The van der Waals surface area contributed by atoms with E-state index in [1.165, 1.54) is 6.33 Å². The first-order chi connectivity index (χ1) is 14.6. The van der Waals surface area contributed by atoms with Gasteiger partial charge in [-0.3, -0.25) is 9.89 Å². The van der Waals surface area contributed by atoms with Gasteiger partial charge in [-0.2, -0.15) is 10.2 Å². The van der Waals surface area contributed by atoms with Crippen molar-refractivity contribution in [2.24, 2.45) is 5.92 Å². The zero-order valence-electron chi connectivity index (χ0n) is 16.1. The summed E-state index contributed by atoms with van der Waals surface area (Å²) in [6.45, 7) is 1.94. The summed E-state index contributed by atoms with van der Waals surface area (Å²) in [5.74, 6) is 1.13. The van der Waals surface area contributed by atoms with Crippen molar-refractivity contribution in [2.45, 2.75) is 19.8 Å². The lowest BCUT2D eigenvalue weighted by molar-refractivity contribution is -0.117. The molecule has 8 nitrogen and oxygen atoms in total. The first-order valence-electron chi connectivity index (χ1n) is 9.59. The Bertz CT molecular complexity index is 1230. The summed E-state index contributed by atoms with van der Waals surface area (Å²) in [5, 5.41) is 15.2. The van der Waals surface area contributed by atoms with Crippen molar-refractivity contribution in [3.8, 4) is 28.3 Å². The van der Waals surface area contributed by atoms with Gasteiger partial charge in [-0.15, -0.1) is 0 Å². The summed E-state index contributed by atoms with van der Waals surface area (Å²) in [6.07, 6.45) is 6.97. The van der Waals surface area contributed by atoms with Gasteiger partial charge in [0.05, 0.1) is 16.3 Å². The highest BCUT2D eigenvalue weighted by atomic mass is 35.5. The lowest BCUT2D eigenvalue weighted by atomic mass is 10.1. The summed E-state index contributed by atoms with van der Waals surface area (Å²) >= 11 is 6.44. The molecule has 150 valence electrons. The molecule has 0 radical (unpaired) electrons. The second kappa shape index (κ2) is 7.38. The molecule has 30 heavy (non-hydrogen) atoms. The highest BCUT2D eigenvalue weighted by Gasteiger charge is 2.30. The number of pyridine rings is 1. The summed E-state index contributed by atoms with van der Waals surface area (Å²) in [7, 11) is 0. The van der Waals surface area contributed by atoms with E-state index in [-0.39, 0.29) is 11.8 Å². The summed E-state index contributed by atoms with van der Waals surface area (Å²) in [6, 6.07) is 9.33. The molecule has 0 atom stereocenters. The lowest BCUT2D eigenvalue weighted by Gasteiger charge is -2.09. The molecular weight excluding hydrogens is 402 g/mol. The fourth-order valence-corrected chi connectivity index (χ4v) is 3.48. The van der Waals surface area contributed by atoms with E-state index >= 15 is 0 Å². The Balaban J connectivity index is 1.61. The molecule has 1 aliphatic rings.